The van der Waals surface area contributed by atoms with E-state index in [4.69, 9.17) is 26.4 Å². The molecule has 0 spiro atoms. The minimum atomic E-state index is -0.412. The largest absolute Gasteiger partial charge is 0.493 e. The molecule has 1 saturated heterocycles. The molecule has 168 valence electrons. The molecule has 1 aliphatic rings. The van der Waals surface area contributed by atoms with Gasteiger partial charge in [-0.3, -0.25) is 9.69 Å². The molecule has 1 aliphatic heterocycles. The number of methoxy groups -OCH3 is 4. The van der Waals surface area contributed by atoms with E-state index in [1.54, 1.807) is 42.5 Å². The number of rotatable bonds is 8. The molecule has 1 amide bonds. The highest BCUT2D eigenvalue weighted by Gasteiger charge is 2.32. The maximum Gasteiger partial charge on any atom is 0.337 e. The van der Waals surface area contributed by atoms with E-state index in [1.165, 1.54) is 45.1 Å². The van der Waals surface area contributed by atoms with E-state index in [0.717, 1.165) is 5.69 Å². The Morgan fingerprint density at radius 1 is 1.06 bits per heavy atom. The second-order valence-corrected chi connectivity index (χ2v) is 8.15. The van der Waals surface area contributed by atoms with Crippen molar-refractivity contribution in [3.8, 4) is 17.2 Å². The fourth-order valence-electron chi connectivity index (χ4n) is 2.98. The van der Waals surface area contributed by atoms with Crippen LogP contribution in [0.1, 0.15) is 15.9 Å². The van der Waals surface area contributed by atoms with E-state index in [2.05, 4.69) is 10.1 Å². The van der Waals surface area contributed by atoms with Gasteiger partial charge < -0.3 is 24.3 Å². The Bertz CT molecular complexity index is 1040. The van der Waals surface area contributed by atoms with Crippen molar-refractivity contribution in [2.24, 2.45) is 0 Å². The summed E-state index contributed by atoms with van der Waals surface area (Å²) in [5.41, 5.74) is 1.89. The van der Waals surface area contributed by atoms with Gasteiger partial charge in [0.2, 0.25) is 5.75 Å². The number of thioether (sulfide) groups is 1. The highest BCUT2D eigenvalue weighted by molar-refractivity contribution is 8.26. The van der Waals surface area contributed by atoms with E-state index >= 15 is 0 Å². The number of hydrogen-bond acceptors (Lipinski definition) is 9. The average Bonchev–Trinajstić information content (AvgIpc) is 3.08. The van der Waals surface area contributed by atoms with Crippen molar-refractivity contribution < 1.29 is 28.5 Å². The summed E-state index contributed by atoms with van der Waals surface area (Å²) in [6, 6.07) is 10.3. The van der Waals surface area contributed by atoms with E-state index in [1.807, 2.05) is 0 Å². The Morgan fingerprint density at radius 3 is 2.22 bits per heavy atom. The molecule has 0 aromatic heterocycles. The van der Waals surface area contributed by atoms with Gasteiger partial charge in [0.25, 0.3) is 5.91 Å². The van der Waals surface area contributed by atoms with Crippen molar-refractivity contribution in [1.82, 2.24) is 4.90 Å². The number of benzene rings is 2. The summed E-state index contributed by atoms with van der Waals surface area (Å²) in [6.45, 7) is 0.189. The molecule has 10 heteroatoms. The molecule has 1 heterocycles. The van der Waals surface area contributed by atoms with Crippen LogP contribution < -0.4 is 19.5 Å². The molecule has 0 saturated carbocycles. The van der Waals surface area contributed by atoms with Crippen LogP contribution in [0.15, 0.2) is 41.3 Å². The number of carbonyl (C=O) groups is 2. The van der Waals surface area contributed by atoms with Gasteiger partial charge in [0, 0.05) is 5.69 Å². The maximum absolute atomic E-state index is 12.9. The first-order valence-corrected chi connectivity index (χ1v) is 10.6. The van der Waals surface area contributed by atoms with Gasteiger partial charge in [-0.05, 0) is 48.0 Å². The molecule has 0 radical (unpaired) electrons. The van der Waals surface area contributed by atoms with Gasteiger partial charge in [-0.15, -0.1) is 0 Å². The quantitative estimate of drug-likeness (QED) is 0.349. The molecule has 0 unspecified atom stereocenters. The van der Waals surface area contributed by atoms with Crippen molar-refractivity contribution in [2.45, 2.75) is 0 Å². The summed E-state index contributed by atoms with van der Waals surface area (Å²) in [6.07, 6.45) is 1.73. The minimum Gasteiger partial charge on any atom is -0.493 e. The van der Waals surface area contributed by atoms with Crippen LogP contribution in [0, 0.1) is 0 Å². The molecule has 0 atom stereocenters. The number of esters is 1. The SMILES string of the molecule is COC(=O)c1ccc(NCN2C(=O)C(=Cc3cc(OC)c(OC)c(OC)c3)SC2=S)cc1. The summed E-state index contributed by atoms with van der Waals surface area (Å²) in [4.78, 5) is 26.4. The van der Waals surface area contributed by atoms with Crippen molar-refractivity contribution in [3.05, 3.63) is 52.4 Å². The number of thiocarbonyl (C=S) groups is 1. The lowest BCUT2D eigenvalue weighted by Gasteiger charge is -2.16. The number of nitrogens with zero attached hydrogens (tertiary/aromatic N) is 1. The third-order valence-corrected chi connectivity index (χ3v) is 5.98. The highest BCUT2D eigenvalue weighted by Crippen LogP contribution is 2.40. The summed E-state index contributed by atoms with van der Waals surface area (Å²) < 4.78 is 21.2. The van der Waals surface area contributed by atoms with E-state index in [9.17, 15) is 9.59 Å². The number of nitrogens with one attached hydrogen (secondary N) is 1. The van der Waals surface area contributed by atoms with Gasteiger partial charge in [0.05, 0.1) is 45.6 Å². The zero-order valence-electron chi connectivity index (χ0n) is 18.0. The smallest absolute Gasteiger partial charge is 0.337 e. The van der Waals surface area contributed by atoms with Crippen LogP contribution >= 0.6 is 24.0 Å². The number of ether oxygens (including phenoxy) is 4. The lowest BCUT2D eigenvalue weighted by atomic mass is 10.1. The van der Waals surface area contributed by atoms with Gasteiger partial charge in [0.15, 0.2) is 11.5 Å². The first-order valence-electron chi connectivity index (χ1n) is 9.39. The molecule has 3 rings (SSSR count). The van der Waals surface area contributed by atoms with E-state index < -0.39 is 5.97 Å². The Hall–Kier alpha value is -3.24. The Kier molecular flexibility index (Phi) is 7.60. The van der Waals surface area contributed by atoms with Crippen LogP contribution in [0.3, 0.4) is 0 Å². The molecule has 2 aromatic rings. The van der Waals surface area contributed by atoms with Gasteiger partial charge >= 0.3 is 5.97 Å². The normalized spacial score (nSPS) is 14.5. The molecule has 32 heavy (non-hydrogen) atoms. The topological polar surface area (TPSA) is 86.3 Å². The van der Waals surface area contributed by atoms with Gasteiger partial charge in [-0.2, -0.15) is 0 Å². The summed E-state index contributed by atoms with van der Waals surface area (Å²) in [5, 5.41) is 3.14. The molecule has 8 nitrogen and oxygen atoms in total. The van der Waals surface area contributed by atoms with E-state index in [-0.39, 0.29) is 12.6 Å². The summed E-state index contributed by atoms with van der Waals surface area (Å²) in [5.74, 6) is 0.830. The first kappa shape index (κ1) is 23.4. The number of anilines is 1. The molecular weight excluding hydrogens is 452 g/mol. The Labute approximate surface area is 195 Å². The molecule has 1 N–H and O–H groups in total. The van der Waals surface area contributed by atoms with Crippen molar-refractivity contribution in [3.63, 3.8) is 0 Å². The predicted molar refractivity (Wildman–Crippen MR) is 127 cm³/mol. The van der Waals surface area contributed by atoms with Crippen molar-refractivity contribution >= 4 is 51.9 Å². The van der Waals surface area contributed by atoms with Crippen LogP contribution in [0.5, 0.6) is 17.2 Å². The predicted octanol–water partition coefficient (Wildman–Crippen LogP) is 3.77. The van der Waals surface area contributed by atoms with Gasteiger partial charge in [-0.25, -0.2) is 4.79 Å². The van der Waals surface area contributed by atoms with E-state index in [0.29, 0.717) is 37.6 Å². The molecule has 0 aliphatic carbocycles. The second kappa shape index (κ2) is 10.4. The second-order valence-electron chi connectivity index (χ2n) is 6.47. The standard InChI is InChI=1S/C22H22N2O6S2/c1-27-16-9-13(10-17(28-2)19(16)29-3)11-18-20(25)24(22(31)32-18)12-23-15-7-5-14(6-8-15)21(26)30-4/h5-11,23H,12H2,1-4H3. The minimum absolute atomic E-state index is 0.189. The number of amides is 1. The van der Waals surface area contributed by atoms with Crippen LogP contribution in [0.4, 0.5) is 5.69 Å². The summed E-state index contributed by atoms with van der Waals surface area (Å²) in [7, 11) is 5.92. The number of carbonyl (C=O) groups excluding carboxylic acids is 2. The van der Waals surface area contributed by atoms with Gasteiger partial charge in [-0.1, -0.05) is 24.0 Å². The lowest BCUT2D eigenvalue weighted by Crippen LogP contribution is -2.33. The van der Waals surface area contributed by atoms with Crippen LogP contribution in [0.2, 0.25) is 0 Å². The average molecular weight is 475 g/mol. The molecule has 2 aromatic carbocycles. The fraction of sp³-hybridized carbons (Fsp3) is 0.227. The number of hydrogen-bond donors (Lipinski definition) is 1. The highest BCUT2D eigenvalue weighted by atomic mass is 32.2. The monoisotopic (exact) mass is 474 g/mol. The third kappa shape index (κ3) is 4.97. The zero-order chi connectivity index (χ0) is 23.3. The Morgan fingerprint density at radius 2 is 1.69 bits per heavy atom. The molecule has 0 bridgehead atoms. The van der Waals surface area contributed by atoms with Crippen molar-refractivity contribution in [1.29, 1.82) is 0 Å². The zero-order valence-corrected chi connectivity index (χ0v) is 19.6. The van der Waals surface area contributed by atoms with Crippen molar-refractivity contribution in [2.75, 3.05) is 40.4 Å². The first-order chi connectivity index (χ1) is 15.4. The Balaban J connectivity index is 1.74. The van der Waals surface area contributed by atoms with Crippen LogP contribution in [0.25, 0.3) is 6.08 Å². The van der Waals surface area contributed by atoms with Gasteiger partial charge in [0.1, 0.15) is 4.32 Å². The molecular formula is C22H22N2O6S2. The van der Waals surface area contributed by atoms with Crippen LogP contribution in [-0.2, 0) is 9.53 Å². The third-order valence-electron chi connectivity index (χ3n) is 4.61. The maximum atomic E-state index is 12.9. The summed E-state index contributed by atoms with van der Waals surface area (Å²) >= 11 is 6.60. The fourth-order valence-corrected chi connectivity index (χ4v) is 4.24. The van der Waals surface area contributed by atoms with Crippen LogP contribution in [-0.4, -0.2) is 56.2 Å². The molecule has 1 fully saturated rings. The lowest BCUT2D eigenvalue weighted by molar-refractivity contribution is -0.121.